The van der Waals surface area contributed by atoms with Crippen molar-refractivity contribution in [3.8, 4) is 0 Å². The fourth-order valence-corrected chi connectivity index (χ4v) is 6.89. The van der Waals surface area contributed by atoms with E-state index in [1.165, 1.54) is 7.11 Å². The normalized spacial score (nSPS) is 21.7. The predicted molar refractivity (Wildman–Crippen MR) is 152 cm³/mol. The first-order chi connectivity index (χ1) is 18.9. The van der Waals surface area contributed by atoms with Gasteiger partial charge in [-0.05, 0) is 56.2 Å². The lowest BCUT2D eigenvalue weighted by atomic mass is 9.97. The number of halogens is 1. The lowest BCUT2D eigenvalue weighted by Crippen LogP contribution is -2.39. The van der Waals surface area contributed by atoms with Crippen LogP contribution in [0.3, 0.4) is 0 Å². The summed E-state index contributed by atoms with van der Waals surface area (Å²) in [5, 5.41) is 5.18. The van der Waals surface area contributed by atoms with Crippen LogP contribution in [0.25, 0.3) is 5.65 Å². The summed E-state index contributed by atoms with van der Waals surface area (Å²) in [6.45, 7) is 5.27. The minimum absolute atomic E-state index is 0.244. The van der Waals surface area contributed by atoms with E-state index in [9.17, 15) is 18.0 Å². The standard InChI is InChI=1S/C28H34ClN5O5S/c1-17-11-24(28(36)39-3)33(14-17)26-18(2)15-34-25(30-26)13-22(31-34)23-7-5-6-10-32(23)27(35)21-12-20(29)9-8-19(21)16-40(4,37)38/h8-9,12-13,15,17,23-24H,5-7,10-11,14,16H2,1-4H3/t17-,23+,24-/m1/s1. The number of rotatable bonds is 6. The molecule has 214 valence electrons. The van der Waals surface area contributed by atoms with Crippen LogP contribution in [0.4, 0.5) is 5.82 Å². The van der Waals surface area contributed by atoms with Crippen molar-refractivity contribution in [3.05, 3.63) is 57.9 Å². The van der Waals surface area contributed by atoms with Gasteiger partial charge in [-0.2, -0.15) is 5.10 Å². The number of hydrogen-bond donors (Lipinski definition) is 0. The molecule has 2 aromatic heterocycles. The summed E-state index contributed by atoms with van der Waals surface area (Å²) >= 11 is 6.23. The number of anilines is 1. The van der Waals surface area contributed by atoms with Crippen molar-refractivity contribution >= 4 is 44.8 Å². The molecular weight excluding hydrogens is 554 g/mol. The topological polar surface area (TPSA) is 114 Å². The zero-order valence-electron chi connectivity index (χ0n) is 23.1. The summed E-state index contributed by atoms with van der Waals surface area (Å²) in [5.74, 6) is 0.264. The Bertz CT molecular complexity index is 1570. The molecule has 0 aliphatic carbocycles. The number of sulfone groups is 1. The maximum Gasteiger partial charge on any atom is 0.328 e. The second-order valence-electron chi connectivity index (χ2n) is 11.0. The Hall–Kier alpha value is -3.18. The first-order valence-corrected chi connectivity index (χ1v) is 15.9. The number of benzene rings is 1. The molecule has 1 aromatic carbocycles. The van der Waals surface area contributed by atoms with Crippen LogP contribution in [0.5, 0.6) is 0 Å². The number of likely N-dealkylation sites (tertiary alicyclic amines) is 1. The molecule has 10 nitrogen and oxygen atoms in total. The second kappa shape index (κ2) is 11.0. The third-order valence-electron chi connectivity index (χ3n) is 7.70. The van der Waals surface area contributed by atoms with Gasteiger partial charge in [-0.1, -0.05) is 24.6 Å². The van der Waals surface area contributed by atoms with Crippen LogP contribution >= 0.6 is 11.6 Å². The van der Waals surface area contributed by atoms with E-state index in [1.807, 2.05) is 24.1 Å². The molecule has 2 aliphatic rings. The van der Waals surface area contributed by atoms with Crippen molar-refractivity contribution < 1.29 is 22.7 Å². The van der Waals surface area contributed by atoms with Gasteiger partial charge in [-0.25, -0.2) is 22.7 Å². The van der Waals surface area contributed by atoms with Gasteiger partial charge in [0.1, 0.15) is 11.9 Å². The molecule has 2 fully saturated rings. The molecule has 0 saturated carbocycles. The number of carbonyl (C=O) groups excluding carboxylic acids is 2. The van der Waals surface area contributed by atoms with Gasteiger partial charge in [0.2, 0.25) is 0 Å². The molecule has 3 aromatic rings. The zero-order valence-corrected chi connectivity index (χ0v) is 24.7. The van der Waals surface area contributed by atoms with Crippen LogP contribution in [-0.4, -0.2) is 72.3 Å². The van der Waals surface area contributed by atoms with Crippen LogP contribution in [0.1, 0.15) is 65.8 Å². The quantitative estimate of drug-likeness (QED) is 0.398. The fourth-order valence-electron chi connectivity index (χ4n) is 5.91. The lowest BCUT2D eigenvalue weighted by Gasteiger charge is -2.35. The summed E-state index contributed by atoms with van der Waals surface area (Å²) < 4.78 is 30.9. The molecule has 2 aliphatic heterocycles. The molecule has 40 heavy (non-hydrogen) atoms. The number of nitrogens with zero attached hydrogens (tertiary/aromatic N) is 5. The van der Waals surface area contributed by atoms with E-state index in [-0.39, 0.29) is 29.7 Å². The maximum absolute atomic E-state index is 13.9. The highest BCUT2D eigenvalue weighted by Gasteiger charge is 2.38. The minimum Gasteiger partial charge on any atom is -0.467 e. The largest absolute Gasteiger partial charge is 0.467 e. The number of esters is 1. The number of aryl methyl sites for hydroxylation is 1. The fraction of sp³-hybridized carbons (Fsp3) is 0.500. The van der Waals surface area contributed by atoms with Gasteiger partial charge in [-0.15, -0.1) is 0 Å². The molecule has 3 atom stereocenters. The Morgan fingerprint density at radius 3 is 2.70 bits per heavy atom. The maximum atomic E-state index is 13.9. The number of hydrogen-bond acceptors (Lipinski definition) is 8. The summed E-state index contributed by atoms with van der Waals surface area (Å²) in [7, 11) is -1.96. The first-order valence-electron chi connectivity index (χ1n) is 13.4. The van der Waals surface area contributed by atoms with Crippen LogP contribution in [0, 0.1) is 12.8 Å². The summed E-state index contributed by atoms with van der Waals surface area (Å²) in [6, 6.07) is 5.96. The Balaban J connectivity index is 1.49. The number of carbonyl (C=O) groups is 2. The van der Waals surface area contributed by atoms with Gasteiger partial charge in [0.25, 0.3) is 5.91 Å². The predicted octanol–water partition coefficient (Wildman–Crippen LogP) is 3.99. The lowest BCUT2D eigenvalue weighted by molar-refractivity contribution is -0.142. The Morgan fingerprint density at radius 2 is 1.98 bits per heavy atom. The smallest absolute Gasteiger partial charge is 0.328 e. The highest BCUT2D eigenvalue weighted by molar-refractivity contribution is 7.89. The first kappa shape index (κ1) is 28.4. The monoisotopic (exact) mass is 587 g/mol. The van der Waals surface area contributed by atoms with E-state index in [0.29, 0.717) is 52.9 Å². The average Bonchev–Trinajstić information content (AvgIpc) is 3.50. The van der Waals surface area contributed by atoms with Crippen LogP contribution < -0.4 is 4.90 Å². The number of ether oxygens (including phenoxy) is 1. The molecule has 0 spiro atoms. The molecule has 2 saturated heterocycles. The van der Waals surface area contributed by atoms with Crippen molar-refractivity contribution in [2.24, 2.45) is 5.92 Å². The SMILES string of the molecule is COC(=O)[C@H]1C[C@@H](C)CN1c1nc2cc([C@@H]3CCCCN3C(=O)c3cc(Cl)ccc3CS(C)(=O)=O)nn2cc1C. The van der Waals surface area contributed by atoms with E-state index in [1.54, 1.807) is 27.6 Å². The Labute approximate surface area is 239 Å². The third kappa shape index (κ3) is 5.67. The van der Waals surface area contributed by atoms with Crippen molar-refractivity contribution in [3.63, 3.8) is 0 Å². The van der Waals surface area contributed by atoms with E-state index in [2.05, 4.69) is 6.92 Å². The summed E-state index contributed by atoms with van der Waals surface area (Å²) in [6.07, 6.45) is 6.23. The van der Waals surface area contributed by atoms with E-state index < -0.39 is 9.84 Å². The number of piperidine rings is 1. The molecule has 12 heteroatoms. The van der Waals surface area contributed by atoms with E-state index >= 15 is 0 Å². The van der Waals surface area contributed by atoms with E-state index in [4.69, 9.17) is 26.4 Å². The number of amides is 1. The van der Waals surface area contributed by atoms with Gasteiger partial charge in [0, 0.05) is 47.8 Å². The van der Waals surface area contributed by atoms with E-state index in [0.717, 1.165) is 36.9 Å². The second-order valence-corrected chi connectivity index (χ2v) is 13.6. The van der Waals surface area contributed by atoms with Gasteiger partial charge in [-0.3, -0.25) is 4.79 Å². The minimum atomic E-state index is -3.36. The number of fused-ring (bicyclic) bond motifs is 1. The van der Waals surface area contributed by atoms with Crippen molar-refractivity contribution in [1.82, 2.24) is 19.5 Å². The Morgan fingerprint density at radius 1 is 1.20 bits per heavy atom. The zero-order chi connectivity index (χ0) is 28.8. The Kier molecular flexibility index (Phi) is 7.80. The number of aromatic nitrogens is 3. The summed E-state index contributed by atoms with van der Waals surface area (Å²) in [4.78, 5) is 35.0. The molecule has 0 radical (unpaired) electrons. The number of methoxy groups -OCH3 is 1. The van der Waals surface area contributed by atoms with Gasteiger partial charge in [0.15, 0.2) is 15.5 Å². The van der Waals surface area contributed by atoms with Gasteiger partial charge >= 0.3 is 5.97 Å². The molecule has 4 heterocycles. The average molecular weight is 588 g/mol. The van der Waals surface area contributed by atoms with Gasteiger partial charge in [0.05, 0.1) is 24.6 Å². The molecule has 0 N–H and O–H groups in total. The molecular formula is C28H34ClN5O5S. The molecule has 0 bridgehead atoms. The van der Waals surface area contributed by atoms with Gasteiger partial charge < -0.3 is 14.5 Å². The van der Waals surface area contributed by atoms with Crippen LogP contribution in [0.15, 0.2) is 30.5 Å². The van der Waals surface area contributed by atoms with Crippen molar-refractivity contribution in [2.45, 2.75) is 57.4 Å². The summed E-state index contributed by atoms with van der Waals surface area (Å²) in [5.41, 5.74) is 2.94. The highest BCUT2D eigenvalue weighted by Crippen LogP contribution is 2.35. The molecule has 5 rings (SSSR count). The third-order valence-corrected chi connectivity index (χ3v) is 8.78. The van der Waals surface area contributed by atoms with Crippen molar-refractivity contribution in [2.75, 3.05) is 31.4 Å². The van der Waals surface area contributed by atoms with Crippen LogP contribution in [-0.2, 0) is 25.1 Å². The molecule has 1 amide bonds. The highest BCUT2D eigenvalue weighted by atomic mass is 35.5. The molecule has 0 unspecified atom stereocenters. The van der Waals surface area contributed by atoms with Crippen LogP contribution in [0.2, 0.25) is 5.02 Å². The van der Waals surface area contributed by atoms with Crippen molar-refractivity contribution in [1.29, 1.82) is 0 Å².